The topological polar surface area (TPSA) is 93.5 Å². The first-order valence-electron chi connectivity index (χ1n) is 5.10. The molecular formula is C10H11N4O2+. The Morgan fingerprint density at radius 1 is 1.31 bits per heavy atom. The van der Waals surface area contributed by atoms with Crippen LogP contribution in [0.15, 0.2) is 17.2 Å². The standard InChI is InChI=1S/C10H11N4O2/c11-13-12-9-5-7-3-1-2-4-8(7)6-10(9)14(15)16/h5-6,11H,1-4H2/q+1. The fourth-order valence-corrected chi connectivity index (χ4v) is 2.04. The summed E-state index contributed by atoms with van der Waals surface area (Å²) >= 11 is 0. The monoisotopic (exact) mass is 219 g/mol. The van der Waals surface area contributed by atoms with E-state index < -0.39 is 4.92 Å². The van der Waals surface area contributed by atoms with E-state index >= 15 is 0 Å². The van der Waals surface area contributed by atoms with Gasteiger partial charge < -0.3 is 0 Å². The molecule has 0 saturated heterocycles. The SMILES string of the molecule is N=[N+]=Nc1cc2c(cc1[N+](=O)[O-])CCCC2. The average molecular weight is 219 g/mol. The zero-order valence-electron chi connectivity index (χ0n) is 8.64. The summed E-state index contributed by atoms with van der Waals surface area (Å²) in [5.74, 6) is 0. The van der Waals surface area contributed by atoms with Crippen LogP contribution in [0.25, 0.3) is 0 Å². The number of nitrogens with zero attached hydrogens (tertiary/aromatic N) is 3. The van der Waals surface area contributed by atoms with E-state index in [0.29, 0.717) is 0 Å². The molecule has 0 atom stereocenters. The molecule has 16 heavy (non-hydrogen) atoms. The second-order valence-corrected chi connectivity index (χ2v) is 3.77. The molecule has 1 aromatic rings. The number of nitrogens with one attached hydrogen (secondary N) is 1. The molecule has 1 aliphatic carbocycles. The fourth-order valence-electron chi connectivity index (χ4n) is 2.04. The van der Waals surface area contributed by atoms with Gasteiger partial charge in [0.25, 0.3) is 0 Å². The van der Waals surface area contributed by atoms with Crippen molar-refractivity contribution in [1.82, 2.24) is 4.91 Å². The highest BCUT2D eigenvalue weighted by molar-refractivity contribution is 5.61. The molecule has 1 N–H and O–H groups in total. The van der Waals surface area contributed by atoms with Crippen molar-refractivity contribution >= 4 is 11.4 Å². The summed E-state index contributed by atoms with van der Waals surface area (Å²) in [5.41, 5.74) is 8.90. The zero-order valence-corrected chi connectivity index (χ0v) is 8.64. The lowest BCUT2D eigenvalue weighted by Crippen LogP contribution is -2.03. The van der Waals surface area contributed by atoms with Crippen molar-refractivity contribution in [3.63, 3.8) is 0 Å². The predicted octanol–water partition coefficient (Wildman–Crippen LogP) is 2.66. The van der Waals surface area contributed by atoms with Crippen LogP contribution in [0.3, 0.4) is 0 Å². The Kier molecular flexibility index (Phi) is 2.74. The third-order valence-corrected chi connectivity index (χ3v) is 2.79. The highest BCUT2D eigenvalue weighted by atomic mass is 16.6. The predicted molar refractivity (Wildman–Crippen MR) is 56.7 cm³/mol. The molecule has 1 aromatic carbocycles. The molecule has 6 nitrogen and oxygen atoms in total. The number of aryl methyl sites for hydroxylation is 2. The largest absolute Gasteiger partial charge is 0.302 e. The lowest BCUT2D eigenvalue weighted by molar-refractivity contribution is -0.384. The maximum absolute atomic E-state index is 10.8. The lowest BCUT2D eigenvalue weighted by Gasteiger charge is -2.14. The minimum absolute atomic E-state index is 0.0587. The first-order chi connectivity index (χ1) is 7.72. The normalized spacial score (nSPS) is 13.8. The number of nitro benzene ring substituents is 1. The molecule has 0 bridgehead atoms. The van der Waals surface area contributed by atoms with E-state index in [1.54, 1.807) is 12.1 Å². The molecule has 0 amide bonds. The van der Waals surface area contributed by atoms with Crippen LogP contribution in [0.5, 0.6) is 0 Å². The summed E-state index contributed by atoms with van der Waals surface area (Å²) in [6.07, 6.45) is 3.98. The Labute approximate surface area is 91.7 Å². The summed E-state index contributed by atoms with van der Waals surface area (Å²) in [6, 6.07) is 3.25. The maximum atomic E-state index is 10.8. The summed E-state index contributed by atoms with van der Waals surface area (Å²) in [4.78, 5) is 13.2. The van der Waals surface area contributed by atoms with Crippen LogP contribution in [0.2, 0.25) is 0 Å². The second kappa shape index (κ2) is 4.20. The van der Waals surface area contributed by atoms with Crippen LogP contribution >= 0.6 is 0 Å². The van der Waals surface area contributed by atoms with Crippen LogP contribution in [-0.2, 0) is 12.8 Å². The van der Waals surface area contributed by atoms with E-state index in [1.165, 1.54) is 0 Å². The Hall–Kier alpha value is -2.07. The molecule has 0 unspecified atom stereocenters. The van der Waals surface area contributed by atoms with Gasteiger partial charge in [-0.3, -0.25) is 10.1 Å². The number of rotatable bonds is 2. The third-order valence-electron chi connectivity index (χ3n) is 2.79. The molecule has 0 saturated carbocycles. The molecule has 0 aliphatic heterocycles. The Bertz CT molecular complexity index is 461. The van der Waals surface area contributed by atoms with E-state index in [1.807, 2.05) is 0 Å². The van der Waals surface area contributed by atoms with Crippen LogP contribution in [0.4, 0.5) is 11.4 Å². The van der Waals surface area contributed by atoms with Gasteiger partial charge in [0.05, 0.1) is 4.92 Å². The minimum atomic E-state index is -0.473. The van der Waals surface area contributed by atoms with Crippen LogP contribution in [0.1, 0.15) is 24.0 Å². The van der Waals surface area contributed by atoms with Crippen molar-refractivity contribution < 1.29 is 4.92 Å². The Morgan fingerprint density at radius 3 is 2.50 bits per heavy atom. The molecule has 0 fully saturated rings. The van der Waals surface area contributed by atoms with Gasteiger partial charge in [-0.1, -0.05) is 0 Å². The van der Waals surface area contributed by atoms with Crippen molar-refractivity contribution in [3.05, 3.63) is 33.4 Å². The number of hydrogen-bond acceptors (Lipinski definition) is 4. The minimum Gasteiger partial charge on any atom is -0.258 e. The van der Waals surface area contributed by atoms with Crippen molar-refractivity contribution in [1.29, 1.82) is 5.53 Å². The van der Waals surface area contributed by atoms with Gasteiger partial charge in [0.2, 0.25) is 10.6 Å². The van der Waals surface area contributed by atoms with Gasteiger partial charge in [-0.2, -0.15) is 0 Å². The van der Waals surface area contributed by atoms with E-state index in [2.05, 4.69) is 10.0 Å². The maximum Gasteiger partial charge on any atom is 0.302 e. The van der Waals surface area contributed by atoms with Crippen molar-refractivity contribution in [2.75, 3.05) is 0 Å². The number of hydrogen-bond donors (Lipinski definition) is 1. The van der Waals surface area contributed by atoms with E-state index in [4.69, 9.17) is 5.53 Å². The molecule has 1 aliphatic rings. The molecule has 2 rings (SSSR count). The first-order valence-corrected chi connectivity index (χ1v) is 5.10. The molecule has 0 spiro atoms. The smallest absolute Gasteiger partial charge is 0.258 e. The van der Waals surface area contributed by atoms with E-state index in [-0.39, 0.29) is 11.4 Å². The molecular weight excluding hydrogens is 208 g/mol. The van der Waals surface area contributed by atoms with E-state index in [0.717, 1.165) is 36.8 Å². The Morgan fingerprint density at radius 2 is 1.94 bits per heavy atom. The molecule has 82 valence electrons. The summed E-state index contributed by atoms with van der Waals surface area (Å²) < 4.78 is 0. The van der Waals surface area contributed by atoms with Gasteiger partial charge in [-0.05, 0) is 42.9 Å². The average Bonchev–Trinajstić information content (AvgIpc) is 2.28. The summed E-state index contributed by atoms with van der Waals surface area (Å²) in [6.45, 7) is 0. The summed E-state index contributed by atoms with van der Waals surface area (Å²) in [7, 11) is 0. The van der Waals surface area contributed by atoms with Crippen LogP contribution in [0, 0.1) is 15.6 Å². The first kappa shape index (κ1) is 10.4. The van der Waals surface area contributed by atoms with Gasteiger partial charge in [-0.25, -0.2) is 0 Å². The third kappa shape index (κ3) is 1.83. The van der Waals surface area contributed by atoms with Gasteiger partial charge >= 0.3 is 5.69 Å². The molecule has 0 heterocycles. The molecule has 0 aromatic heterocycles. The lowest BCUT2D eigenvalue weighted by atomic mass is 9.91. The van der Waals surface area contributed by atoms with Gasteiger partial charge in [0.1, 0.15) is 5.53 Å². The van der Waals surface area contributed by atoms with Crippen LogP contribution < -0.4 is 4.91 Å². The van der Waals surface area contributed by atoms with Gasteiger partial charge in [-0.15, -0.1) is 0 Å². The number of nitro groups is 1. The molecule has 6 heteroatoms. The number of fused-ring (bicyclic) bond motifs is 1. The quantitative estimate of drug-likeness (QED) is 0.358. The van der Waals surface area contributed by atoms with Crippen molar-refractivity contribution in [2.45, 2.75) is 25.7 Å². The van der Waals surface area contributed by atoms with Crippen molar-refractivity contribution in [3.8, 4) is 0 Å². The van der Waals surface area contributed by atoms with Crippen LogP contribution in [-0.4, -0.2) is 4.92 Å². The van der Waals surface area contributed by atoms with Crippen molar-refractivity contribution in [2.24, 2.45) is 5.11 Å². The zero-order chi connectivity index (χ0) is 11.5. The van der Waals surface area contributed by atoms with Gasteiger partial charge in [0.15, 0.2) is 5.11 Å². The Balaban J connectivity index is 2.58. The second-order valence-electron chi connectivity index (χ2n) is 3.77. The highest BCUT2D eigenvalue weighted by Gasteiger charge is 2.22. The fraction of sp³-hybridized carbons (Fsp3) is 0.400. The van der Waals surface area contributed by atoms with Gasteiger partial charge in [0, 0.05) is 6.07 Å². The summed E-state index contributed by atoms with van der Waals surface area (Å²) in [5, 5.41) is 14.3. The van der Waals surface area contributed by atoms with E-state index in [9.17, 15) is 10.1 Å². The molecule has 0 radical (unpaired) electrons. The highest BCUT2D eigenvalue weighted by Crippen LogP contribution is 2.33. The number of benzene rings is 1.